The molecule has 0 unspecified atom stereocenters. The number of nitrogens with zero attached hydrogens (tertiary/aromatic N) is 2. The van der Waals surface area contributed by atoms with Gasteiger partial charge in [0.1, 0.15) is 10.8 Å². The molecule has 1 heterocycles. The maximum absolute atomic E-state index is 12.1. The summed E-state index contributed by atoms with van der Waals surface area (Å²) in [5.41, 5.74) is 3.54. The summed E-state index contributed by atoms with van der Waals surface area (Å²) in [5, 5.41) is 3.70. The highest BCUT2D eigenvalue weighted by Gasteiger charge is 2.09. The highest BCUT2D eigenvalue weighted by atomic mass is 32.2. The zero-order valence-electron chi connectivity index (χ0n) is 14.2. The molecule has 0 saturated carbocycles. The molecular formula is C19H19N3O2S. The van der Waals surface area contributed by atoms with Crippen LogP contribution in [0, 0.1) is 6.92 Å². The van der Waals surface area contributed by atoms with Gasteiger partial charge in [0.15, 0.2) is 0 Å². The van der Waals surface area contributed by atoms with Crippen LogP contribution in [0.15, 0.2) is 53.6 Å². The Balaban J connectivity index is 1.57. The first-order valence-electron chi connectivity index (χ1n) is 7.91. The van der Waals surface area contributed by atoms with Crippen LogP contribution in [0.2, 0.25) is 0 Å². The molecule has 0 spiro atoms. The van der Waals surface area contributed by atoms with E-state index in [1.54, 1.807) is 7.11 Å². The van der Waals surface area contributed by atoms with E-state index >= 15 is 0 Å². The van der Waals surface area contributed by atoms with Crippen molar-refractivity contribution in [3.63, 3.8) is 0 Å². The summed E-state index contributed by atoms with van der Waals surface area (Å²) >= 11 is 1.40. The molecule has 6 heteroatoms. The molecule has 0 fully saturated rings. The highest BCUT2D eigenvalue weighted by molar-refractivity contribution is 7.99. The number of methoxy groups -OCH3 is 1. The molecule has 1 aromatic heterocycles. The van der Waals surface area contributed by atoms with Gasteiger partial charge in [-0.1, -0.05) is 36.0 Å². The molecule has 3 rings (SSSR count). The number of fused-ring (bicyclic) bond motifs is 1. The minimum absolute atomic E-state index is 0.0396. The smallest absolute Gasteiger partial charge is 0.230 e. The van der Waals surface area contributed by atoms with Gasteiger partial charge in [-0.3, -0.25) is 4.79 Å². The van der Waals surface area contributed by atoms with Gasteiger partial charge in [0.2, 0.25) is 5.91 Å². The third-order valence-electron chi connectivity index (χ3n) is 3.67. The van der Waals surface area contributed by atoms with E-state index in [2.05, 4.69) is 15.3 Å². The average molecular weight is 353 g/mol. The Morgan fingerprint density at radius 1 is 1.12 bits per heavy atom. The van der Waals surface area contributed by atoms with Crippen molar-refractivity contribution < 1.29 is 9.53 Å². The van der Waals surface area contributed by atoms with Crippen LogP contribution in [0.4, 0.5) is 0 Å². The number of ether oxygens (including phenoxy) is 1. The van der Waals surface area contributed by atoms with E-state index < -0.39 is 0 Å². The van der Waals surface area contributed by atoms with Crippen molar-refractivity contribution in [2.24, 2.45) is 0 Å². The molecule has 0 saturated heterocycles. The summed E-state index contributed by atoms with van der Waals surface area (Å²) in [6.07, 6.45) is 0. The largest absolute Gasteiger partial charge is 0.497 e. The zero-order chi connectivity index (χ0) is 17.6. The number of nitrogens with one attached hydrogen (secondary N) is 1. The second kappa shape index (κ2) is 7.98. The minimum Gasteiger partial charge on any atom is -0.497 e. The molecule has 128 valence electrons. The predicted molar refractivity (Wildman–Crippen MR) is 99.8 cm³/mol. The van der Waals surface area contributed by atoms with Crippen LogP contribution in [0.25, 0.3) is 11.0 Å². The number of aromatic nitrogens is 2. The molecule has 25 heavy (non-hydrogen) atoms. The second-order valence-corrected chi connectivity index (χ2v) is 6.48. The van der Waals surface area contributed by atoms with Crippen LogP contribution < -0.4 is 10.1 Å². The first kappa shape index (κ1) is 17.2. The summed E-state index contributed by atoms with van der Waals surface area (Å²) in [5.74, 6) is 1.04. The van der Waals surface area contributed by atoms with Crippen LogP contribution in [-0.4, -0.2) is 28.7 Å². The topological polar surface area (TPSA) is 64.1 Å². The monoisotopic (exact) mass is 353 g/mol. The summed E-state index contributed by atoms with van der Waals surface area (Å²) in [4.78, 5) is 21.2. The maximum atomic E-state index is 12.1. The van der Waals surface area contributed by atoms with Gasteiger partial charge in [0.25, 0.3) is 0 Å². The van der Waals surface area contributed by atoms with Crippen molar-refractivity contribution >= 4 is 28.7 Å². The normalized spacial score (nSPS) is 10.6. The molecule has 1 amide bonds. The maximum Gasteiger partial charge on any atom is 0.230 e. The molecule has 1 N–H and O–H groups in total. The van der Waals surface area contributed by atoms with E-state index in [1.807, 2.05) is 55.5 Å². The lowest BCUT2D eigenvalue weighted by Gasteiger charge is -2.08. The summed E-state index contributed by atoms with van der Waals surface area (Å²) in [6.45, 7) is 2.38. The summed E-state index contributed by atoms with van der Waals surface area (Å²) in [6, 6.07) is 15.4. The van der Waals surface area contributed by atoms with E-state index in [4.69, 9.17) is 4.74 Å². The molecule has 0 aliphatic rings. The standard InChI is InChI=1S/C19H19N3O2S/c1-13-19(22-17-9-4-3-8-16(17)21-13)25-12-18(23)20-11-14-6-5-7-15(10-14)24-2/h3-10H,11-12H2,1-2H3,(H,20,23). The van der Waals surface area contributed by atoms with Crippen LogP contribution in [0.5, 0.6) is 5.75 Å². The molecule has 0 radical (unpaired) electrons. The highest BCUT2D eigenvalue weighted by Crippen LogP contribution is 2.21. The third kappa shape index (κ3) is 4.48. The Hall–Kier alpha value is -2.60. The number of hydrogen-bond acceptors (Lipinski definition) is 5. The fraction of sp³-hybridized carbons (Fsp3) is 0.211. The Morgan fingerprint density at radius 3 is 2.64 bits per heavy atom. The van der Waals surface area contributed by atoms with Gasteiger partial charge in [-0.15, -0.1) is 0 Å². The van der Waals surface area contributed by atoms with E-state index in [1.165, 1.54) is 11.8 Å². The average Bonchev–Trinajstić information content (AvgIpc) is 2.64. The quantitative estimate of drug-likeness (QED) is 0.689. The number of aryl methyl sites for hydroxylation is 1. The fourth-order valence-corrected chi connectivity index (χ4v) is 3.16. The zero-order valence-corrected chi connectivity index (χ0v) is 15.0. The van der Waals surface area contributed by atoms with E-state index in [0.29, 0.717) is 12.3 Å². The van der Waals surface area contributed by atoms with E-state index in [0.717, 1.165) is 33.1 Å². The van der Waals surface area contributed by atoms with Crippen molar-refractivity contribution in [2.45, 2.75) is 18.5 Å². The number of rotatable bonds is 6. The van der Waals surface area contributed by atoms with Gasteiger partial charge >= 0.3 is 0 Å². The number of thioether (sulfide) groups is 1. The van der Waals surface area contributed by atoms with Crippen molar-refractivity contribution in [3.8, 4) is 5.75 Å². The Labute approximate surface area is 150 Å². The van der Waals surface area contributed by atoms with Crippen molar-refractivity contribution in [3.05, 3.63) is 59.8 Å². The predicted octanol–water partition coefficient (Wildman–Crippen LogP) is 3.36. The molecule has 5 nitrogen and oxygen atoms in total. The Kier molecular flexibility index (Phi) is 5.50. The number of benzene rings is 2. The molecule has 0 aliphatic heterocycles. The van der Waals surface area contributed by atoms with Crippen LogP contribution in [-0.2, 0) is 11.3 Å². The fourth-order valence-electron chi connectivity index (χ4n) is 2.38. The molecule has 0 atom stereocenters. The second-order valence-electron chi connectivity index (χ2n) is 5.52. The number of amides is 1. The van der Waals surface area contributed by atoms with Gasteiger partial charge in [0.05, 0.1) is 29.6 Å². The van der Waals surface area contributed by atoms with E-state index in [9.17, 15) is 4.79 Å². The molecule has 0 aliphatic carbocycles. The van der Waals surface area contributed by atoms with Crippen molar-refractivity contribution in [1.82, 2.24) is 15.3 Å². The van der Waals surface area contributed by atoms with Gasteiger partial charge in [-0.05, 0) is 36.8 Å². The molecule has 3 aromatic rings. The van der Waals surface area contributed by atoms with Crippen molar-refractivity contribution in [1.29, 1.82) is 0 Å². The van der Waals surface area contributed by atoms with Crippen LogP contribution >= 0.6 is 11.8 Å². The lowest BCUT2D eigenvalue weighted by molar-refractivity contribution is -0.118. The molecular weight excluding hydrogens is 334 g/mol. The van der Waals surface area contributed by atoms with Crippen molar-refractivity contribution in [2.75, 3.05) is 12.9 Å². The molecule has 2 aromatic carbocycles. The lowest BCUT2D eigenvalue weighted by atomic mass is 10.2. The summed E-state index contributed by atoms with van der Waals surface area (Å²) < 4.78 is 5.18. The Bertz CT molecular complexity index is 899. The molecule has 0 bridgehead atoms. The Morgan fingerprint density at radius 2 is 1.88 bits per heavy atom. The lowest BCUT2D eigenvalue weighted by Crippen LogP contribution is -2.24. The number of carbonyl (C=O) groups is 1. The number of carbonyl (C=O) groups excluding carboxylic acids is 1. The third-order valence-corrected chi connectivity index (χ3v) is 4.73. The van der Waals surface area contributed by atoms with Gasteiger partial charge in [-0.2, -0.15) is 0 Å². The van der Waals surface area contributed by atoms with Gasteiger partial charge in [0, 0.05) is 6.54 Å². The number of hydrogen-bond donors (Lipinski definition) is 1. The minimum atomic E-state index is -0.0396. The van der Waals surface area contributed by atoms with Gasteiger partial charge in [-0.25, -0.2) is 9.97 Å². The SMILES string of the molecule is COc1cccc(CNC(=O)CSc2nc3ccccc3nc2C)c1. The summed E-state index contributed by atoms with van der Waals surface area (Å²) in [7, 11) is 1.63. The van der Waals surface area contributed by atoms with Crippen LogP contribution in [0.1, 0.15) is 11.3 Å². The number of para-hydroxylation sites is 2. The first-order valence-corrected chi connectivity index (χ1v) is 8.90. The first-order chi connectivity index (χ1) is 12.2. The van der Waals surface area contributed by atoms with Crippen LogP contribution in [0.3, 0.4) is 0 Å². The van der Waals surface area contributed by atoms with Gasteiger partial charge < -0.3 is 10.1 Å². The van der Waals surface area contributed by atoms with E-state index in [-0.39, 0.29) is 5.91 Å².